The molecular weight excluding hydrogens is 267 g/mol. The molecule has 1 aliphatic rings. The quantitative estimate of drug-likeness (QED) is 0.933. The summed E-state index contributed by atoms with van der Waals surface area (Å²) in [7, 11) is 0. The molecule has 1 fully saturated rings. The van der Waals surface area contributed by atoms with Gasteiger partial charge in [-0.2, -0.15) is 0 Å². The van der Waals surface area contributed by atoms with Crippen LogP contribution >= 0.6 is 0 Å². The molecule has 4 heteroatoms. The van der Waals surface area contributed by atoms with Crippen LogP contribution in [-0.2, 0) is 11.3 Å². The maximum absolute atomic E-state index is 12.9. The number of hydrogen-bond acceptors (Lipinski definition) is 3. The Labute approximate surface area is 124 Å². The van der Waals surface area contributed by atoms with E-state index in [1.54, 1.807) is 12.1 Å². The van der Waals surface area contributed by atoms with Crippen LogP contribution in [0.3, 0.4) is 0 Å². The average Bonchev–Trinajstić information content (AvgIpc) is 2.55. The van der Waals surface area contributed by atoms with Gasteiger partial charge in [0.2, 0.25) is 0 Å². The van der Waals surface area contributed by atoms with Gasteiger partial charge in [0.15, 0.2) is 0 Å². The fourth-order valence-corrected chi connectivity index (χ4v) is 2.50. The van der Waals surface area contributed by atoms with Gasteiger partial charge < -0.3 is 15.0 Å². The molecule has 21 heavy (non-hydrogen) atoms. The van der Waals surface area contributed by atoms with E-state index in [2.05, 4.69) is 22.3 Å². The van der Waals surface area contributed by atoms with Crippen molar-refractivity contribution in [3.05, 3.63) is 59.9 Å². The van der Waals surface area contributed by atoms with Crippen LogP contribution in [0.5, 0.6) is 0 Å². The molecular formula is C17H19FN2O. The lowest BCUT2D eigenvalue weighted by Gasteiger charge is -2.30. The summed E-state index contributed by atoms with van der Waals surface area (Å²) in [6, 6.07) is 14.9. The van der Waals surface area contributed by atoms with E-state index in [-0.39, 0.29) is 5.82 Å². The zero-order chi connectivity index (χ0) is 14.5. The molecule has 1 N–H and O–H groups in total. The number of rotatable bonds is 4. The summed E-state index contributed by atoms with van der Waals surface area (Å²) < 4.78 is 18.3. The second-order valence-electron chi connectivity index (χ2n) is 5.10. The zero-order valence-corrected chi connectivity index (χ0v) is 11.9. The van der Waals surface area contributed by atoms with E-state index in [9.17, 15) is 4.39 Å². The van der Waals surface area contributed by atoms with Gasteiger partial charge in [-0.05, 0) is 29.8 Å². The summed E-state index contributed by atoms with van der Waals surface area (Å²) in [5, 5.41) is 3.44. The summed E-state index contributed by atoms with van der Waals surface area (Å²) >= 11 is 0. The number of hydrogen-bond donors (Lipinski definition) is 1. The number of nitrogens with one attached hydrogen (secondary N) is 1. The van der Waals surface area contributed by atoms with Crippen LogP contribution in [0.4, 0.5) is 15.8 Å². The second-order valence-corrected chi connectivity index (χ2v) is 5.10. The van der Waals surface area contributed by atoms with Crippen molar-refractivity contribution >= 4 is 11.4 Å². The third kappa shape index (κ3) is 3.52. The van der Waals surface area contributed by atoms with Crippen LogP contribution < -0.4 is 10.2 Å². The Kier molecular flexibility index (Phi) is 4.36. The van der Waals surface area contributed by atoms with Crippen molar-refractivity contribution in [3.63, 3.8) is 0 Å². The van der Waals surface area contributed by atoms with Crippen molar-refractivity contribution < 1.29 is 9.13 Å². The van der Waals surface area contributed by atoms with Gasteiger partial charge in [0.25, 0.3) is 0 Å². The van der Waals surface area contributed by atoms with E-state index in [1.165, 1.54) is 17.8 Å². The van der Waals surface area contributed by atoms with Crippen LogP contribution in [0.25, 0.3) is 0 Å². The van der Waals surface area contributed by atoms with Crippen molar-refractivity contribution in [1.82, 2.24) is 0 Å². The van der Waals surface area contributed by atoms with Gasteiger partial charge in [-0.25, -0.2) is 4.39 Å². The number of benzene rings is 2. The summed E-state index contributed by atoms with van der Waals surface area (Å²) in [4.78, 5) is 2.33. The normalized spacial score (nSPS) is 15.0. The molecule has 0 radical (unpaired) electrons. The van der Waals surface area contributed by atoms with Gasteiger partial charge in [0.1, 0.15) is 5.82 Å². The number of morpholine rings is 1. The third-order valence-electron chi connectivity index (χ3n) is 3.65. The first-order chi connectivity index (χ1) is 10.3. The highest BCUT2D eigenvalue weighted by atomic mass is 19.1. The molecule has 3 rings (SSSR count). The first-order valence-electron chi connectivity index (χ1n) is 7.23. The monoisotopic (exact) mass is 286 g/mol. The van der Waals surface area contributed by atoms with Crippen LogP contribution in [0.1, 0.15) is 5.56 Å². The summed E-state index contributed by atoms with van der Waals surface area (Å²) in [6.45, 7) is 4.05. The number of para-hydroxylation sites is 2. The standard InChI is InChI=1S/C17H19FN2O/c18-15-7-5-14(6-8-15)13-19-16-3-1-2-4-17(16)20-9-11-21-12-10-20/h1-8,19H,9-13H2. The number of halogens is 1. The van der Waals surface area contributed by atoms with Crippen molar-refractivity contribution in [2.75, 3.05) is 36.5 Å². The maximum Gasteiger partial charge on any atom is 0.123 e. The highest BCUT2D eigenvalue weighted by molar-refractivity contribution is 5.70. The lowest BCUT2D eigenvalue weighted by atomic mass is 10.2. The van der Waals surface area contributed by atoms with E-state index >= 15 is 0 Å². The van der Waals surface area contributed by atoms with Gasteiger partial charge in [0, 0.05) is 19.6 Å². The van der Waals surface area contributed by atoms with Gasteiger partial charge >= 0.3 is 0 Å². The predicted octanol–water partition coefficient (Wildman–Crippen LogP) is 3.27. The summed E-state index contributed by atoms with van der Waals surface area (Å²) in [6.07, 6.45) is 0. The first-order valence-corrected chi connectivity index (χ1v) is 7.23. The molecule has 0 aliphatic carbocycles. The minimum atomic E-state index is -0.201. The molecule has 110 valence electrons. The Balaban J connectivity index is 1.71. The average molecular weight is 286 g/mol. The van der Waals surface area contributed by atoms with Crippen LogP contribution in [0.15, 0.2) is 48.5 Å². The van der Waals surface area contributed by atoms with Gasteiger partial charge in [-0.1, -0.05) is 24.3 Å². The molecule has 0 atom stereocenters. The van der Waals surface area contributed by atoms with Crippen LogP contribution in [0.2, 0.25) is 0 Å². The molecule has 0 unspecified atom stereocenters. The van der Waals surface area contributed by atoms with E-state index in [4.69, 9.17) is 4.74 Å². The summed E-state index contributed by atoms with van der Waals surface area (Å²) in [5.41, 5.74) is 3.36. The molecule has 0 aromatic heterocycles. The zero-order valence-electron chi connectivity index (χ0n) is 11.9. The van der Waals surface area contributed by atoms with Gasteiger partial charge in [-0.15, -0.1) is 0 Å². The molecule has 2 aromatic carbocycles. The van der Waals surface area contributed by atoms with E-state index in [0.29, 0.717) is 6.54 Å². The smallest absolute Gasteiger partial charge is 0.123 e. The number of ether oxygens (including phenoxy) is 1. The Morgan fingerprint density at radius 3 is 2.48 bits per heavy atom. The maximum atomic E-state index is 12.9. The highest BCUT2D eigenvalue weighted by Crippen LogP contribution is 2.26. The van der Waals surface area contributed by atoms with E-state index in [1.807, 2.05) is 12.1 Å². The Hall–Kier alpha value is -2.07. The molecule has 2 aromatic rings. The van der Waals surface area contributed by atoms with Gasteiger partial charge in [-0.3, -0.25) is 0 Å². The minimum absolute atomic E-state index is 0.201. The van der Waals surface area contributed by atoms with E-state index < -0.39 is 0 Å². The van der Waals surface area contributed by atoms with Crippen molar-refractivity contribution in [2.24, 2.45) is 0 Å². The fourth-order valence-electron chi connectivity index (χ4n) is 2.50. The lowest BCUT2D eigenvalue weighted by Crippen LogP contribution is -2.36. The Morgan fingerprint density at radius 1 is 1.00 bits per heavy atom. The SMILES string of the molecule is Fc1ccc(CNc2ccccc2N2CCOCC2)cc1. The number of anilines is 2. The third-order valence-corrected chi connectivity index (χ3v) is 3.65. The van der Waals surface area contributed by atoms with Crippen molar-refractivity contribution in [1.29, 1.82) is 0 Å². The molecule has 1 aliphatic heterocycles. The van der Waals surface area contributed by atoms with Crippen LogP contribution in [0, 0.1) is 5.82 Å². The number of nitrogens with zero attached hydrogens (tertiary/aromatic N) is 1. The Bertz CT molecular complexity index is 580. The van der Waals surface area contributed by atoms with Crippen molar-refractivity contribution in [3.8, 4) is 0 Å². The molecule has 0 saturated carbocycles. The Morgan fingerprint density at radius 2 is 1.71 bits per heavy atom. The lowest BCUT2D eigenvalue weighted by molar-refractivity contribution is 0.123. The molecule has 1 heterocycles. The summed E-state index contributed by atoms with van der Waals surface area (Å²) in [5.74, 6) is -0.201. The first kappa shape index (κ1) is 13.9. The molecule has 0 amide bonds. The molecule has 1 saturated heterocycles. The predicted molar refractivity (Wildman–Crippen MR) is 83.2 cm³/mol. The van der Waals surface area contributed by atoms with E-state index in [0.717, 1.165) is 37.6 Å². The fraction of sp³-hybridized carbons (Fsp3) is 0.294. The largest absolute Gasteiger partial charge is 0.379 e. The van der Waals surface area contributed by atoms with Crippen molar-refractivity contribution in [2.45, 2.75) is 6.54 Å². The van der Waals surface area contributed by atoms with Crippen LogP contribution in [-0.4, -0.2) is 26.3 Å². The van der Waals surface area contributed by atoms with Gasteiger partial charge in [0.05, 0.1) is 24.6 Å². The highest BCUT2D eigenvalue weighted by Gasteiger charge is 2.14. The topological polar surface area (TPSA) is 24.5 Å². The molecule has 3 nitrogen and oxygen atoms in total. The second kappa shape index (κ2) is 6.59. The molecule has 0 spiro atoms. The minimum Gasteiger partial charge on any atom is -0.379 e. The molecule has 0 bridgehead atoms.